The molecule has 2 fully saturated rings. The SMILES string of the molecule is O=C1CSC(=NN=Cc2ccc(OCCCCN3CCCCC3)cc2)N1. The molecule has 2 aliphatic heterocycles. The van der Waals surface area contributed by atoms with Gasteiger partial charge in [0.15, 0.2) is 5.17 Å². The summed E-state index contributed by atoms with van der Waals surface area (Å²) in [6, 6.07) is 7.80. The van der Waals surface area contributed by atoms with Crippen LogP contribution in [0.5, 0.6) is 5.75 Å². The first-order chi connectivity index (χ1) is 12.8. The molecule has 0 aromatic heterocycles. The van der Waals surface area contributed by atoms with E-state index in [1.807, 2.05) is 24.3 Å². The minimum atomic E-state index is -0.0265. The lowest BCUT2D eigenvalue weighted by atomic mass is 10.1. The third-order valence-electron chi connectivity index (χ3n) is 4.41. The second-order valence-electron chi connectivity index (χ2n) is 6.51. The Morgan fingerprint density at radius 2 is 1.96 bits per heavy atom. The molecule has 2 saturated heterocycles. The van der Waals surface area contributed by atoms with Gasteiger partial charge >= 0.3 is 0 Å². The van der Waals surface area contributed by atoms with E-state index >= 15 is 0 Å². The van der Waals surface area contributed by atoms with Gasteiger partial charge in [0.2, 0.25) is 5.91 Å². The van der Waals surface area contributed by atoms with Gasteiger partial charge in [0.25, 0.3) is 0 Å². The quantitative estimate of drug-likeness (QED) is 0.432. The van der Waals surface area contributed by atoms with Crippen molar-refractivity contribution < 1.29 is 9.53 Å². The maximum absolute atomic E-state index is 11.1. The molecule has 26 heavy (non-hydrogen) atoms. The Kier molecular flexibility index (Phi) is 7.51. The van der Waals surface area contributed by atoms with Crippen LogP contribution >= 0.6 is 11.8 Å². The van der Waals surface area contributed by atoms with Crippen molar-refractivity contribution in [2.75, 3.05) is 32.0 Å². The summed E-state index contributed by atoms with van der Waals surface area (Å²) in [5, 5.41) is 11.2. The Morgan fingerprint density at radius 3 is 2.69 bits per heavy atom. The van der Waals surface area contributed by atoms with Crippen molar-refractivity contribution in [1.82, 2.24) is 10.2 Å². The Hall–Kier alpha value is -1.86. The number of piperidine rings is 1. The van der Waals surface area contributed by atoms with Gasteiger partial charge in [-0.1, -0.05) is 18.2 Å². The van der Waals surface area contributed by atoms with E-state index in [2.05, 4.69) is 20.4 Å². The maximum Gasteiger partial charge on any atom is 0.236 e. The van der Waals surface area contributed by atoms with Gasteiger partial charge < -0.3 is 15.0 Å². The van der Waals surface area contributed by atoms with Gasteiger partial charge in [-0.3, -0.25) is 4.79 Å². The van der Waals surface area contributed by atoms with E-state index in [-0.39, 0.29) is 5.91 Å². The van der Waals surface area contributed by atoms with Gasteiger partial charge in [-0.25, -0.2) is 0 Å². The molecule has 140 valence electrons. The number of hydrogen-bond donors (Lipinski definition) is 1. The van der Waals surface area contributed by atoms with Crippen LogP contribution in [0.1, 0.15) is 37.7 Å². The highest BCUT2D eigenvalue weighted by atomic mass is 32.2. The van der Waals surface area contributed by atoms with E-state index in [1.54, 1.807) is 6.21 Å². The molecule has 1 amide bonds. The molecule has 0 saturated carbocycles. The number of carbonyl (C=O) groups is 1. The monoisotopic (exact) mass is 374 g/mol. The summed E-state index contributed by atoms with van der Waals surface area (Å²) in [7, 11) is 0. The summed E-state index contributed by atoms with van der Waals surface area (Å²) < 4.78 is 5.81. The zero-order chi connectivity index (χ0) is 18.0. The third kappa shape index (κ3) is 6.46. The van der Waals surface area contributed by atoms with Crippen LogP contribution in [0.3, 0.4) is 0 Å². The number of thioether (sulfide) groups is 1. The van der Waals surface area contributed by atoms with Crippen LogP contribution < -0.4 is 10.1 Å². The number of nitrogens with one attached hydrogen (secondary N) is 1. The number of likely N-dealkylation sites (tertiary alicyclic amines) is 1. The lowest BCUT2D eigenvalue weighted by Crippen LogP contribution is -2.30. The largest absolute Gasteiger partial charge is 0.494 e. The second kappa shape index (κ2) is 10.3. The van der Waals surface area contributed by atoms with E-state index in [0.717, 1.165) is 24.3 Å². The van der Waals surface area contributed by atoms with Crippen LogP contribution in [0.25, 0.3) is 0 Å². The topological polar surface area (TPSA) is 66.3 Å². The summed E-state index contributed by atoms with van der Waals surface area (Å²) in [6.45, 7) is 4.48. The molecule has 1 N–H and O–H groups in total. The fourth-order valence-electron chi connectivity index (χ4n) is 2.99. The van der Waals surface area contributed by atoms with E-state index in [9.17, 15) is 4.79 Å². The molecule has 0 aliphatic carbocycles. The van der Waals surface area contributed by atoms with Crippen molar-refractivity contribution in [1.29, 1.82) is 0 Å². The molecule has 0 radical (unpaired) electrons. The Morgan fingerprint density at radius 1 is 1.15 bits per heavy atom. The van der Waals surface area contributed by atoms with Crippen LogP contribution in [0.2, 0.25) is 0 Å². The summed E-state index contributed by atoms with van der Waals surface area (Å²) >= 11 is 1.36. The van der Waals surface area contributed by atoms with Crippen LogP contribution in [0.15, 0.2) is 34.5 Å². The van der Waals surface area contributed by atoms with E-state index in [0.29, 0.717) is 10.9 Å². The number of rotatable bonds is 8. The van der Waals surface area contributed by atoms with Crippen molar-refractivity contribution >= 4 is 29.1 Å². The highest BCUT2D eigenvalue weighted by Gasteiger charge is 2.15. The zero-order valence-corrected chi connectivity index (χ0v) is 15.8. The molecule has 0 spiro atoms. The standard InChI is InChI=1S/C19H26N4O2S/c24-18-15-26-19(21-18)22-20-14-16-6-8-17(9-7-16)25-13-5-4-12-23-10-2-1-3-11-23/h6-9,14H,1-5,10-13,15H2,(H,21,22,24). The summed E-state index contributed by atoms with van der Waals surface area (Å²) in [5.41, 5.74) is 0.945. The first-order valence-corrected chi connectivity index (χ1v) is 10.3. The van der Waals surface area contributed by atoms with Crippen LogP contribution in [-0.4, -0.2) is 54.2 Å². The molecule has 1 aromatic carbocycles. The normalized spacial score (nSPS) is 20.0. The smallest absolute Gasteiger partial charge is 0.236 e. The van der Waals surface area contributed by atoms with Crippen molar-refractivity contribution in [3.05, 3.63) is 29.8 Å². The molecule has 2 aliphatic rings. The van der Waals surface area contributed by atoms with Crippen molar-refractivity contribution in [2.45, 2.75) is 32.1 Å². The predicted octanol–water partition coefficient (Wildman–Crippen LogP) is 2.88. The minimum absolute atomic E-state index is 0.0265. The van der Waals surface area contributed by atoms with Gasteiger partial charge in [-0.15, -0.1) is 5.10 Å². The highest BCUT2D eigenvalue weighted by Crippen LogP contribution is 2.13. The molecule has 0 bridgehead atoms. The van der Waals surface area contributed by atoms with Crippen molar-refractivity contribution in [3.63, 3.8) is 0 Å². The number of ether oxygens (including phenoxy) is 1. The molecule has 0 unspecified atom stereocenters. The molecule has 7 heteroatoms. The average molecular weight is 375 g/mol. The lowest BCUT2D eigenvalue weighted by molar-refractivity contribution is -0.116. The van der Waals surface area contributed by atoms with Crippen LogP contribution in [0.4, 0.5) is 0 Å². The Bertz CT molecular complexity index is 639. The van der Waals surface area contributed by atoms with E-state index in [1.165, 1.54) is 57.1 Å². The Labute approximate surface area is 159 Å². The fraction of sp³-hybridized carbons (Fsp3) is 0.526. The molecule has 2 heterocycles. The minimum Gasteiger partial charge on any atom is -0.494 e. The summed E-state index contributed by atoms with van der Waals surface area (Å²) in [6.07, 6.45) is 8.04. The average Bonchev–Trinajstić information content (AvgIpc) is 3.09. The molecule has 0 atom stereocenters. The molecule has 6 nitrogen and oxygen atoms in total. The van der Waals surface area contributed by atoms with Crippen molar-refractivity contribution in [3.8, 4) is 5.75 Å². The molecular weight excluding hydrogens is 348 g/mol. The third-order valence-corrected chi connectivity index (χ3v) is 5.27. The molecule has 1 aromatic rings. The highest BCUT2D eigenvalue weighted by molar-refractivity contribution is 8.15. The summed E-state index contributed by atoms with van der Waals surface area (Å²) in [4.78, 5) is 13.6. The number of amidine groups is 1. The molecular formula is C19H26N4O2S. The predicted molar refractivity (Wildman–Crippen MR) is 107 cm³/mol. The van der Waals surface area contributed by atoms with Gasteiger partial charge in [0.05, 0.1) is 18.6 Å². The number of benzene rings is 1. The van der Waals surface area contributed by atoms with Gasteiger partial charge in [0.1, 0.15) is 5.75 Å². The number of unbranched alkanes of at least 4 members (excludes halogenated alkanes) is 1. The first kappa shape index (κ1) is 18.9. The maximum atomic E-state index is 11.1. The second-order valence-corrected chi connectivity index (χ2v) is 7.48. The summed E-state index contributed by atoms with van der Waals surface area (Å²) in [5.74, 6) is 1.27. The van der Waals surface area contributed by atoms with Crippen molar-refractivity contribution in [2.24, 2.45) is 10.2 Å². The van der Waals surface area contributed by atoms with Crippen LogP contribution in [0, 0.1) is 0 Å². The first-order valence-electron chi connectivity index (χ1n) is 9.28. The number of carbonyl (C=O) groups excluding carboxylic acids is 1. The zero-order valence-electron chi connectivity index (χ0n) is 15.0. The molecule has 3 rings (SSSR count). The van der Waals surface area contributed by atoms with E-state index in [4.69, 9.17) is 4.74 Å². The van der Waals surface area contributed by atoms with Gasteiger partial charge in [-0.05, 0) is 75.1 Å². The number of amides is 1. The van der Waals surface area contributed by atoms with Crippen LogP contribution in [-0.2, 0) is 4.79 Å². The van der Waals surface area contributed by atoms with E-state index < -0.39 is 0 Å². The van der Waals surface area contributed by atoms with Gasteiger partial charge in [0, 0.05) is 0 Å². The number of hydrogen-bond acceptors (Lipinski definition) is 6. The number of nitrogens with zero attached hydrogens (tertiary/aromatic N) is 3. The lowest BCUT2D eigenvalue weighted by Gasteiger charge is -2.26. The Balaban J connectivity index is 1.33. The van der Waals surface area contributed by atoms with Gasteiger partial charge in [-0.2, -0.15) is 5.10 Å². The fourth-order valence-corrected chi connectivity index (χ4v) is 3.62.